The van der Waals surface area contributed by atoms with Crippen molar-refractivity contribution in [3.8, 4) is 11.5 Å². The number of carbonyl (C=O) groups is 1. The summed E-state index contributed by atoms with van der Waals surface area (Å²) in [4.78, 5) is 32.7. The summed E-state index contributed by atoms with van der Waals surface area (Å²) in [7, 11) is 4.58. The number of nitrogens with zero attached hydrogens (tertiary/aromatic N) is 2. The highest BCUT2D eigenvalue weighted by Gasteiger charge is 2.24. The monoisotopic (exact) mass is 488 g/mol. The van der Waals surface area contributed by atoms with Crippen LogP contribution in [0.3, 0.4) is 0 Å². The molecule has 1 atom stereocenters. The highest BCUT2D eigenvalue weighted by Crippen LogP contribution is 2.35. The Labute approximate surface area is 201 Å². The Balaban J connectivity index is 1.74. The number of hydrogen-bond acceptors (Lipinski definition) is 8. The smallest absolute Gasteiger partial charge is 0.318 e. The molecule has 0 amide bonds. The van der Waals surface area contributed by atoms with Gasteiger partial charge in [-0.05, 0) is 62.3 Å². The van der Waals surface area contributed by atoms with Crippen molar-refractivity contribution in [2.75, 3.05) is 21.3 Å². The van der Waals surface area contributed by atoms with Crippen LogP contribution in [0.1, 0.15) is 35.8 Å². The molecule has 4 rings (SSSR count). The van der Waals surface area contributed by atoms with Crippen LogP contribution >= 0.6 is 23.1 Å². The van der Waals surface area contributed by atoms with Crippen molar-refractivity contribution in [1.29, 1.82) is 0 Å². The molecule has 3 aromatic rings. The molecule has 0 bridgehead atoms. The molecule has 0 saturated carbocycles. The summed E-state index contributed by atoms with van der Waals surface area (Å²) in [5.74, 6) is 0.970. The zero-order chi connectivity index (χ0) is 23.5. The average Bonchev–Trinajstić information content (AvgIpc) is 3.21. The first kappa shape index (κ1) is 23.6. The lowest BCUT2D eigenvalue weighted by Crippen LogP contribution is -2.26. The standard InChI is InChI=1S/C24H28N2O5S2/c1-14(23(28)31-4)32-24-25-21-20(16-7-5-6-8-19(16)33-21)22(27)26(24)12-11-15-9-10-17(29-2)18(13-15)30-3/h9-10,13-14H,5-8,11-12H2,1-4H3. The predicted molar refractivity (Wildman–Crippen MR) is 131 cm³/mol. The normalized spacial score (nSPS) is 14.1. The fourth-order valence-electron chi connectivity index (χ4n) is 4.16. The molecule has 1 aliphatic rings. The van der Waals surface area contributed by atoms with E-state index in [9.17, 15) is 9.59 Å². The maximum Gasteiger partial charge on any atom is 0.318 e. The minimum absolute atomic E-state index is 0.0283. The lowest BCUT2D eigenvalue weighted by molar-refractivity contribution is -0.139. The van der Waals surface area contributed by atoms with Gasteiger partial charge in [-0.15, -0.1) is 11.3 Å². The van der Waals surface area contributed by atoms with Gasteiger partial charge in [-0.25, -0.2) is 4.98 Å². The van der Waals surface area contributed by atoms with Gasteiger partial charge in [0.05, 0.1) is 26.7 Å². The van der Waals surface area contributed by atoms with Crippen LogP contribution in [-0.2, 0) is 35.3 Å². The zero-order valence-corrected chi connectivity index (χ0v) is 20.9. The van der Waals surface area contributed by atoms with Gasteiger partial charge in [0.25, 0.3) is 5.56 Å². The van der Waals surface area contributed by atoms with Gasteiger partial charge >= 0.3 is 5.97 Å². The molecule has 9 heteroatoms. The third-order valence-electron chi connectivity index (χ3n) is 5.93. The molecule has 0 saturated heterocycles. The SMILES string of the molecule is COC(=O)C(C)Sc1nc2sc3c(c2c(=O)n1CCc1ccc(OC)c(OC)c1)CCCC3. The van der Waals surface area contributed by atoms with Crippen molar-refractivity contribution in [1.82, 2.24) is 9.55 Å². The summed E-state index contributed by atoms with van der Waals surface area (Å²) in [6, 6.07) is 5.75. The van der Waals surface area contributed by atoms with Gasteiger partial charge in [0.2, 0.25) is 0 Å². The molecular weight excluding hydrogens is 460 g/mol. The Morgan fingerprint density at radius 2 is 1.94 bits per heavy atom. The highest BCUT2D eigenvalue weighted by atomic mass is 32.2. The van der Waals surface area contributed by atoms with Crippen LogP contribution in [0.5, 0.6) is 11.5 Å². The highest BCUT2D eigenvalue weighted by molar-refractivity contribution is 8.00. The first-order valence-corrected chi connectivity index (χ1v) is 12.7. The van der Waals surface area contributed by atoms with Crippen molar-refractivity contribution in [2.24, 2.45) is 0 Å². The number of benzene rings is 1. The Morgan fingerprint density at radius 3 is 2.67 bits per heavy atom. The summed E-state index contributed by atoms with van der Waals surface area (Å²) >= 11 is 2.88. The summed E-state index contributed by atoms with van der Waals surface area (Å²) in [5, 5.41) is 0.822. The van der Waals surface area contributed by atoms with Crippen molar-refractivity contribution in [3.63, 3.8) is 0 Å². The van der Waals surface area contributed by atoms with Crippen LogP contribution in [0, 0.1) is 0 Å². The molecule has 1 aromatic carbocycles. The average molecular weight is 489 g/mol. The van der Waals surface area contributed by atoms with Crippen LogP contribution in [0.15, 0.2) is 28.2 Å². The molecule has 1 aliphatic carbocycles. The van der Waals surface area contributed by atoms with E-state index in [1.54, 1.807) is 37.0 Å². The molecular formula is C24H28N2O5S2. The van der Waals surface area contributed by atoms with Crippen molar-refractivity contribution in [3.05, 3.63) is 44.6 Å². The molecule has 0 N–H and O–H groups in total. The van der Waals surface area contributed by atoms with E-state index in [0.717, 1.165) is 47.0 Å². The Morgan fingerprint density at radius 1 is 1.18 bits per heavy atom. The van der Waals surface area contributed by atoms with Crippen LogP contribution in [0.25, 0.3) is 10.2 Å². The number of ether oxygens (including phenoxy) is 3. The molecule has 1 unspecified atom stereocenters. The van der Waals surface area contributed by atoms with Gasteiger partial charge in [-0.2, -0.15) is 0 Å². The van der Waals surface area contributed by atoms with E-state index in [-0.39, 0.29) is 11.5 Å². The van der Waals surface area contributed by atoms with Crippen LogP contribution < -0.4 is 15.0 Å². The molecule has 0 spiro atoms. The predicted octanol–water partition coefficient (Wildman–Crippen LogP) is 4.25. The van der Waals surface area contributed by atoms with Crippen LogP contribution in [0.4, 0.5) is 0 Å². The van der Waals surface area contributed by atoms with E-state index < -0.39 is 5.25 Å². The number of esters is 1. The summed E-state index contributed by atoms with van der Waals surface area (Å²) in [6.07, 6.45) is 4.78. The summed E-state index contributed by atoms with van der Waals surface area (Å²) in [5.41, 5.74) is 2.15. The minimum Gasteiger partial charge on any atom is -0.493 e. The topological polar surface area (TPSA) is 79.7 Å². The molecule has 0 aliphatic heterocycles. The molecule has 7 nitrogen and oxygen atoms in total. The van der Waals surface area contributed by atoms with Crippen LogP contribution in [-0.4, -0.2) is 42.1 Å². The van der Waals surface area contributed by atoms with E-state index in [2.05, 4.69) is 0 Å². The Bertz CT molecular complexity index is 1230. The zero-order valence-electron chi connectivity index (χ0n) is 19.3. The Hall–Kier alpha value is -2.52. The number of rotatable bonds is 8. The van der Waals surface area contributed by atoms with Gasteiger partial charge in [-0.1, -0.05) is 17.8 Å². The molecule has 0 radical (unpaired) electrons. The lowest BCUT2D eigenvalue weighted by Gasteiger charge is -2.16. The maximum absolute atomic E-state index is 13.7. The number of thioether (sulfide) groups is 1. The van der Waals surface area contributed by atoms with Gasteiger partial charge < -0.3 is 14.2 Å². The minimum atomic E-state index is -0.471. The van der Waals surface area contributed by atoms with Crippen molar-refractivity contribution >= 4 is 39.3 Å². The molecule has 2 heterocycles. The van der Waals surface area contributed by atoms with Gasteiger partial charge in [0.1, 0.15) is 10.1 Å². The number of carbonyl (C=O) groups excluding carboxylic acids is 1. The van der Waals surface area contributed by atoms with E-state index in [1.807, 2.05) is 18.2 Å². The number of aryl methyl sites for hydroxylation is 3. The van der Waals surface area contributed by atoms with Crippen LogP contribution in [0.2, 0.25) is 0 Å². The second-order valence-electron chi connectivity index (χ2n) is 7.96. The second kappa shape index (κ2) is 10.2. The molecule has 2 aromatic heterocycles. The van der Waals surface area contributed by atoms with Gasteiger partial charge in [-0.3, -0.25) is 14.2 Å². The third-order valence-corrected chi connectivity index (χ3v) is 8.18. The van der Waals surface area contributed by atoms with Crippen molar-refractivity contribution in [2.45, 2.75) is 56.0 Å². The van der Waals surface area contributed by atoms with E-state index in [1.165, 1.54) is 23.7 Å². The first-order chi connectivity index (χ1) is 16.0. The summed E-state index contributed by atoms with van der Waals surface area (Å²) < 4.78 is 17.3. The number of thiophene rings is 1. The summed E-state index contributed by atoms with van der Waals surface area (Å²) in [6.45, 7) is 2.21. The molecule has 176 valence electrons. The van der Waals surface area contributed by atoms with Gasteiger partial charge in [0.15, 0.2) is 16.7 Å². The van der Waals surface area contributed by atoms with E-state index in [0.29, 0.717) is 29.6 Å². The largest absolute Gasteiger partial charge is 0.493 e. The van der Waals surface area contributed by atoms with E-state index >= 15 is 0 Å². The quantitative estimate of drug-likeness (QED) is 0.266. The van der Waals surface area contributed by atoms with Crippen molar-refractivity contribution < 1.29 is 19.0 Å². The Kier molecular flexibility index (Phi) is 7.29. The number of aromatic nitrogens is 2. The first-order valence-electron chi connectivity index (χ1n) is 11.0. The number of fused-ring (bicyclic) bond motifs is 3. The maximum atomic E-state index is 13.7. The number of hydrogen-bond donors (Lipinski definition) is 0. The van der Waals surface area contributed by atoms with Gasteiger partial charge in [0, 0.05) is 11.4 Å². The fraction of sp³-hybridized carbons (Fsp3) is 0.458. The number of methoxy groups -OCH3 is 3. The van der Waals surface area contributed by atoms with E-state index in [4.69, 9.17) is 19.2 Å². The molecule has 33 heavy (non-hydrogen) atoms. The third kappa shape index (κ3) is 4.75. The lowest BCUT2D eigenvalue weighted by atomic mass is 9.97. The fourth-order valence-corrected chi connectivity index (χ4v) is 6.42. The second-order valence-corrected chi connectivity index (χ2v) is 10.4. The molecule has 0 fully saturated rings.